The second-order valence-corrected chi connectivity index (χ2v) is 3.63. The van der Waals surface area contributed by atoms with E-state index < -0.39 is 44.6 Å². The molecular weight excluding hydrogens is 217 g/mol. The Morgan fingerprint density at radius 3 is 1.93 bits per heavy atom. The molecular formula is C8H6F3O2S-. The minimum absolute atomic E-state index is 0.408. The molecule has 0 aliphatic rings. The number of hydrogen-bond donors (Lipinski definition) is 0. The van der Waals surface area contributed by atoms with Gasteiger partial charge in [-0.15, -0.1) is 0 Å². The first kappa shape index (κ1) is 11.2. The molecule has 1 unspecified atom stereocenters. The normalized spacial score (nSPS) is 13.0. The summed E-state index contributed by atoms with van der Waals surface area (Å²) in [4.78, 5) is -0.953. The second-order valence-electron chi connectivity index (χ2n) is 2.76. The minimum Gasteiger partial charge on any atom is -0.768 e. The lowest BCUT2D eigenvalue weighted by Gasteiger charge is -2.13. The molecule has 0 bridgehead atoms. The quantitative estimate of drug-likeness (QED) is 0.539. The van der Waals surface area contributed by atoms with Gasteiger partial charge in [-0.2, -0.15) is 0 Å². The fourth-order valence-corrected chi connectivity index (χ4v) is 1.68. The van der Waals surface area contributed by atoms with E-state index in [9.17, 15) is 21.9 Å². The fourth-order valence-electron chi connectivity index (χ4n) is 1.10. The molecule has 0 fully saturated rings. The first-order valence-electron chi connectivity index (χ1n) is 3.60. The van der Waals surface area contributed by atoms with Crippen molar-refractivity contribution < 1.29 is 21.9 Å². The molecule has 0 radical (unpaired) electrons. The average Bonchev–Trinajstić information content (AvgIpc) is 2.11. The van der Waals surface area contributed by atoms with Crippen LogP contribution in [0.15, 0.2) is 4.90 Å². The van der Waals surface area contributed by atoms with Gasteiger partial charge in [0.05, 0.1) is 4.90 Å². The largest absolute Gasteiger partial charge is 0.768 e. The summed E-state index contributed by atoms with van der Waals surface area (Å²) >= 11 is -2.99. The van der Waals surface area contributed by atoms with Crippen molar-refractivity contribution in [3.05, 3.63) is 28.6 Å². The average molecular weight is 223 g/mol. The Kier molecular flexibility index (Phi) is 2.96. The monoisotopic (exact) mass is 223 g/mol. The van der Waals surface area contributed by atoms with Crippen molar-refractivity contribution in [2.75, 3.05) is 0 Å². The number of halogens is 3. The Hall–Kier alpha value is -0.880. The molecule has 1 aromatic rings. The summed E-state index contributed by atoms with van der Waals surface area (Å²) < 4.78 is 60.0. The summed E-state index contributed by atoms with van der Waals surface area (Å²) in [6, 6.07) is 0. The van der Waals surface area contributed by atoms with E-state index in [1.165, 1.54) is 0 Å². The van der Waals surface area contributed by atoms with Gasteiger partial charge in [0.15, 0.2) is 11.6 Å². The fraction of sp³-hybridized carbons (Fsp3) is 0.250. The molecule has 0 saturated heterocycles. The van der Waals surface area contributed by atoms with E-state index in [1.54, 1.807) is 0 Å². The molecule has 1 aromatic carbocycles. The maximum Gasteiger partial charge on any atom is 0.174 e. The Morgan fingerprint density at radius 1 is 1.00 bits per heavy atom. The van der Waals surface area contributed by atoms with Crippen LogP contribution in [0.2, 0.25) is 0 Å². The summed E-state index contributed by atoms with van der Waals surface area (Å²) in [5.74, 6) is -4.04. The summed E-state index contributed by atoms with van der Waals surface area (Å²) in [5.41, 5.74) is -0.927. The van der Waals surface area contributed by atoms with Crippen LogP contribution in [0.5, 0.6) is 0 Å². The van der Waals surface area contributed by atoms with E-state index in [4.69, 9.17) is 0 Å². The molecule has 0 aliphatic heterocycles. The van der Waals surface area contributed by atoms with Crippen LogP contribution < -0.4 is 0 Å². The molecule has 0 saturated carbocycles. The highest BCUT2D eigenvalue weighted by Crippen LogP contribution is 2.25. The van der Waals surface area contributed by atoms with Gasteiger partial charge < -0.3 is 4.55 Å². The topological polar surface area (TPSA) is 40.1 Å². The molecule has 0 aliphatic carbocycles. The van der Waals surface area contributed by atoms with Gasteiger partial charge in [-0.05, 0) is 24.9 Å². The molecule has 2 nitrogen and oxygen atoms in total. The lowest BCUT2D eigenvalue weighted by Crippen LogP contribution is -2.06. The highest BCUT2D eigenvalue weighted by Gasteiger charge is 2.20. The van der Waals surface area contributed by atoms with Crippen LogP contribution in [0.25, 0.3) is 0 Å². The molecule has 0 spiro atoms. The number of hydrogen-bond acceptors (Lipinski definition) is 2. The van der Waals surface area contributed by atoms with Crippen LogP contribution in [0.3, 0.4) is 0 Å². The van der Waals surface area contributed by atoms with Crippen LogP contribution in [-0.4, -0.2) is 8.76 Å². The summed E-state index contributed by atoms with van der Waals surface area (Å²) in [6.07, 6.45) is 0. The van der Waals surface area contributed by atoms with Gasteiger partial charge in [0, 0.05) is 11.1 Å². The third-order valence-corrected chi connectivity index (χ3v) is 2.71. The van der Waals surface area contributed by atoms with Crippen LogP contribution in [0.1, 0.15) is 11.1 Å². The maximum atomic E-state index is 13.1. The first-order valence-corrected chi connectivity index (χ1v) is 4.68. The van der Waals surface area contributed by atoms with Crippen molar-refractivity contribution in [1.82, 2.24) is 0 Å². The SMILES string of the molecule is Cc1c(F)c(C)c(S(=O)[O-])c(F)c1F. The van der Waals surface area contributed by atoms with Crippen molar-refractivity contribution >= 4 is 11.1 Å². The van der Waals surface area contributed by atoms with E-state index >= 15 is 0 Å². The van der Waals surface area contributed by atoms with Crippen LogP contribution in [0, 0.1) is 31.3 Å². The van der Waals surface area contributed by atoms with E-state index in [1.807, 2.05) is 0 Å². The Balaban J connectivity index is 3.68. The van der Waals surface area contributed by atoms with Crippen LogP contribution in [-0.2, 0) is 11.1 Å². The standard InChI is InChI=1S/C8H7F3O2S/c1-3-5(9)4(2)8(14(12)13)7(11)6(3)10/h1-2H3,(H,12,13)/p-1. The van der Waals surface area contributed by atoms with Gasteiger partial charge >= 0.3 is 0 Å². The zero-order valence-corrected chi connectivity index (χ0v) is 8.18. The van der Waals surface area contributed by atoms with E-state index in [-0.39, 0.29) is 0 Å². The summed E-state index contributed by atoms with van der Waals surface area (Å²) in [7, 11) is 0. The summed E-state index contributed by atoms with van der Waals surface area (Å²) in [5, 5.41) is 0. The zero-order chi connectivity index (χ0) is 11.0. The molecule has 78 valence electrons. The maximum absolute atomic E-state index is 13.1. The molecule has 0 aromatic heterocycles. The van der Waals surface area contributed by atoms with Crippen molar-refractivity contribution in [3.8, 4) is 0 Å². The number of rotatable bonds is 1. The molecule has 1 atom stereocenters. The minimum atomic E-state index is -2.99. The molecule has 0 amide bonds. The van der Waals surface area contributed by atoms with E-state index in [2.05, 4.69) is 0 Å². The van der Waals surface area contributed by atoms with Gasteiger partial charge in [-0.3, -0.25) is 4.21 Å². The summed E-state index contributed by atoms with van der Waals surface area (Å²) in [6.45, 7) is 2.12. The van der Waals surface area contributed by atoms with E-state index in [0.717, 1.165) is 13.8 Å². The lowest BCUT2D eigenvalue weighted by molar-refractivity contribution is 0.453. The zero-order valence-electron chi connectivity index (χ0n) is 7.36. The highest BCUT2D eigenvalue weighted by molar-refractivity contribution is 7.79. The predicted octanol–water partition coefficient (Wildman–Crippen LogP) is 1.96. The third kappa shape index (κ3) is 1.55. The lowest BCUT2D eigenvalue weighted by atomic mass is 10.1. The van der Waals surface area contributed by atoms with Gasteiger partial charge in [-0.1, -0.05) is 0 Å². The Morgan fingerprint density at radius 2 is 1.50 bits per heavy atom. The predicted molar refractivity (Wildman–Crippen MR) is 43.0 cm³/mol. The second kappa shape index (κ2) is 3.70. The Labute approximate surface area is 81.0 Å². The van der Waals surface area contributed by atoms with Crippen molar-refractivity contribution in [3.63, 3.8) is 0 Å². The molecule has 14 heavy (non-hydrogen) atoms. The first-order chi connectivity index (χ1) is 6.37. The highest BCUT2D eigenvalue weighted by atomic mass is 32.2. The smallest absolute Gasteiger partial charge is 0.174 e. The molecule has 0 N–H and O–H groups in total. The van der Waals surface area contributed by atoms with Gasteiger partial charge in [0.25, 0.3) is 0 Å². The van der Waals surface area contributed by atoms with Gasteiger partial charge in [-0.25, -0.2) is 13.2 Å². The van der Waals surface area contributed by atoms with Crippen LogP contribution >= 0.6 is 0 Å². The number of benzene rings is 1. The van der Waals surface area contributed by atoms with Gasteiger partial charge in [0.1, 0.15) is 5.82 Å². The third-order valence-electron chi connectivity index (χ3n) is 1.89. The van der Waals surface area contributed by atoms with Crippen LogP contribution in [0.4, 0.5) is 13.2 Å². The van der Waals surface area contributed by atoms with Crippen molar-refractivity contribution in [2.45, 2.75) is 18.7 Å². The van der Waals surface area contributed by atoms with E-state index in [0.29, 0.717) is 0 Å². The van der Waals surface area contributed by atoms with Crippen molar-refractivity contribution in [2.24, 2.45) is 0 Å². The van der Waals surface area contributed by atoms with Gasteiger partial charge in [0.2, 0.25) is 0 Å². The molecule has 6 heteroatoms. The van der Waals surface area contributed by atoms with Crippen molar-refractivity contribution in [1.29, 1.82) is 0 Å². The molecule has 0 heterocycles. The Bertz CT molecular complexity index is 389. The molecule has 1 rings (SSSR count).